The fourth-order valence-electron chi connectivity index (χ4n) is 3.55. The Hall–Kier alpha value is -2.83. The second-order valence-electron chi connectivity index (χ2n) is 7.74. The van der Waals surface area contributed by atoms with Crippen molar-refractivity contribution in [3.05, 3.63) is 48.0 Å². The lowest BCUT2D eigenvalue weighted by Gasteiger charge is -2.32. The SMILES string of the molecule is Cn1cnc(C(=O)N2CCCC(COc3ccccc3C(=O)NC3CC3)C2)c1. The summed E-state index contributed by atoms with van der Waals surface area (Å²) in [4.78, 5) is 31.1. The number of carbonyl (C=O) groups is 2. The number of carbonyl (C=O) groups excluding carboxylic acids is 2. The van der Waals surface area contributed by atoms with Gasteiger partial charge in [0, 0.05) is 38.3 Å². The van der Waals surface area contributed by atoms with Gasteiger partial charge in [-0.25, -0.2) is 4.98 Å². The molecule has 1 aromatic heterocycles. The van der Waals surface area contributed by atoms with Crippen molar-refractivity contribution in [1.82, 2.24) is 19.8 Å². The largest absolute Gasteiger partial charge is 0.492 e. The average molecular weight is 382 g/mol. The third-order valence-electron chi connectivity index (χ3n) is 5.25. The molecule has 0 radical (unpaired) electrons. The van der Waals surface area contributed by atoms with Crippen molar-refractivity contribution >= 4 is 11.8 Å². The standard InChI is InChI=1S/C21H26N4O3/c1-24-12-18(22-14-24)21(27)25-10-4-5-15(11-25)13-28-19-7-3-2-6-17(19)20(26)23-16-8-9-16/h2-3,6-7,12,14-16H,4-5,8-11,13H2,1H3,(H,23,26). The highest BCUT2D eigenvalue weighted by atomic mass is 16.5. The molecule has 4 rings (SSSR count). The predicted molar refractivity (Wildman–Crippen MR) is 104 cm³/mol. The van der Waals surface area contributed by atoms with E-state index in [1.54, 1.807) is 23.2 Å². The zero-order valence-electron chi connectivity index (χ0n) is 16.1. The molecular formula is C21H26N4O3. The van der Waals surface area contributed by atoms with E-state index in [-0.39, 0.29) is 17.7 Å². The predicted octanol–water partition coefficient (Wildman–Crippen LogP) is 2.24. The summed E-state index contributed by atoms with van der Waals surface area (Å²) in [6.07, 6.45) is 7.44. The first-order chi connectivity index (χ1) is 13.6. The van der Waals surface area contributed by atoms with Gasteiger partial charge in [0.2, 0.25) is 0 Å². The Morgan fingerprint density at radius 2 is 2.07 bits per heavy atom. The van der Waals surface area contributed by atoms with Crippen molar-refractivity contribution < 1.29 is 14.3 Å². The Bertz CT molecular complexity index is 859. The van der Waals surface area contributed by atoms with Gasteiger partial charge in [-0.1, -0.05) is 12.1 Å². The van der Waals surface area contributed by atoms with Crippen molar-refractivity contribution in [2.45, 2.75) is 31.7 Å². The van der Waals surface area contributed by atoms with Crippen molar-refractivity contribution in [1.29, 1.82) is 0 Å². The van der Waals surface area contributed by atoms with Crippen LogP contribution in [0.25, 0.3) is 0 Å². The van der Waals surface area contributed by atoms with Crippen LogP contribution in [0.4, 0.5) is 0 Å². The van der Waals surface area contributed by atoms with E-state index in [0.29, 0.717) is 36.2 Å². The number of nitrogens with zero attached hydrogens (tertiary/aromatic N) is 3. The smallest absolute Gasteiger partial charge is 0.274 e. The maximum absolute atomic E-state index is 12.6. The molecule has 7 heteroatoms. The lowest BCUT2D eigenvalue weighted by molar-refractivity contribution is 0.0627. The molecule has 2 aromatic rings. The molecule has 2 heterocycles. The van der Waals surface area contributed by atoms with Crippen LogP contribution in [0.2, 0.25) is 0 Å². The molecule has 1 saturated carbocycles. The van der Waals surface area contributed by atoms with Gasteiger partial charge in [0.15, 0.2) is 0 Å². The highest BCUT2D eigenvalue weighted by molar-refractivity contribution is 5.97. The van der Waals surface area contributed by atoms with Gasteiger partial charge in [-0.2, -0.15) is 0 Å². The third-order valence-corrected chi connectivity index (χ3v) is 5.25. The summed E-state index contributed by atoms with van der Waals surface area (Å²) >= 11 is 0. The number of ether oxygens (including phenoxy) is 1. The minimum absolute atomic E-state index is 0.0329. The van der Waals surface area contributed by atoms with E-state index in [0.717, 1.165) is 32.2 Å². The highest BCUT2D eigenvalue weighted by Crippen LogP contribution is 2.24. The molecule has 1 N–H and O–H groups in total. The number of aromatic nitrogens is 2. The van der Waals surface area contributed by atoms with Crippen LogP contribution in [0, 0.1) is 5.92 Å². The van der Waals surface area contributed by atoms with Crippen molar-refractivity contribution in [2.24, 2.45) is 13.0 Å². The molecule has 0 spiro atoms. The van der Waals surface area contributed by atoms with Gasteiger partial charge >= 0.3 is 0 Å². The highest BCUT2D eigenvalue weighted by Gasteiger charge is 2.27. The van der Waals surface area contributed by atoms with Crippen molar-refractivity contribution in [2.75, 3.05) is 19.7 Å². The molecule has 28 heavy (non-hydrogen) atoms. The van der Waals surface area contributed by atoms with Gasteiger partial charge in [0.25, 0.3) is 11.8 Å². The first-order valence-corrected chi connectivity index (χ1v) is 9.90. The number of aryl methyl sites for hydroxylation is 1. The molecule has 2 fully saturated rings. The van der Waals surface area contributed by atoms with E-state index in [9.17, 15) is 9.59 Å². The molecule has 7 nitrogen and oxygen atoms in total. The van der Waals surface area contributed by atoms with Gasteiger partial charge < -0.3 is 19.5 Å². The number of hydrogen-bond acceptors (Lipinski definition) is 4. The van der Waals surface area contributed by atoms with Gasteiger partial charge in [0.1, 0.15) is 11.4 Å². The van der Waals surface area contributed by atoms with Crippen LogP contribution in [0.3, 0.4) is 0 Å². The van der Waals surface area contributed by atoms with Crippen LogP contribution >= 0.6 is 0 Å². The third kappa shape index (κ3) is 4.35. The van der Waals surface area contributed by atoms with Crippen LogP contribution in [0.5, 0.6) is 5.75 Å². The van der Waals surface area contributed by atoms with E-state index in [1.807, 2.05) is 30.1 Å². The van der Waals surface area contributed by atoms with E-state index in [2.05, 4.69) is 10.3 Å². The van der Waals surface area contributed by atoms with Crippen LogP contribution in [-0.4, -0.2) is 52.0 Å². The Morgan fingerprint density at radius 1 is 1.25 bits per heavy atom. The summed E-state index contributed by atoms with van der Waals surface area (Å²) in [6.45, 7) is 1.87. The number of hydrogen-bond donors (Lipinski definition) is 1. The van der Waals surface area contributed by atoms with Gasteiger partial charge in [0.05, 0.1) is 18.5 Å². The van der Waals surface area contributed by atoms with Gasteiger partial charge in [-0.15, -0.1) is 0 Å². The van der Waals surface area contributed by atoms with Crippen LogP contribution in [-0.2, 0) is 7.05 Å². The number of amides is 2. The average Bonchev–Trinajstić information content (AvgIpc) is 3.43. The molecule has 2 aliphatic rings. The number of piperidine rings is 1. The minimum atomic E-state index is -0.0753. The lowest BCUT2D eigenvalue weighted by atomic mass is 9.98. The minimum Gasteiger partial charge on any atom is -0.492 e. The number of imidazole rings is 1. The Balaban J connectivity index is 1.36. The summed E-state index contributed by atoms with van der Waals surface area (Å²) in [5.41, 5.74) is 1.05. The maximum Gasteiger partial charge on any atom is 0.274 e. The molecule has 1 aliphatic carbocycles. The van der Waals surface area contributed by atoms with Crippen LogP contribution in [0.1, 0.15) is 46.5 Å². The molecule has 2 amide bonds. The summed E-state index contributed by atoms with van der Waals surface area (Å²) < 4.78 is 7.80. The monoisotopic (exact) mass is 382 g/mol. The van der Waals surface area contributed by atoms with E-state index in [1.165, 1.54) is 0 Å². The molecule has 1 atom stereocenters. The van der Waals surface area contributed by atoms with Gasteiger partial charge in [-0.3, -0.25) is 9.59 Å². The molecule has 0 bridgehead atoms. The second kappa shape index (κ2) is 8.04. The Morgan fingerprint density at radius 3 is 2.82 bits per heavy atom. The topological polar surface area (TPSA) is 76.5 Å². The van der Waals surface area contributed by atoms with E-state index < -0.39 is 0 Å². The number of benzene rings is 1. The molecule has 1 saturated heterocycles. The zero-order chi connectivity index (χ0) is 19.5. The first kappa shape index (κ1) is 18.5. The van der Waals surface area contributed by atoms with Crippen molar-refractivity contribution in [3.63, 3.8) is 0 Å². The van der Waals surface area contributed by atoms with Crippen LogP contribution in [0.15, 0.2) is 36.8 Å². The van der Waals surface area contributed by atoms with E-state index in [4.69, 9.17) is 4.74 Å². The lowest BCUT2D eigenvalue weighted by Crippen LogP contribution is -2.41. The molecular weight excluding hydrogens is 356 g/mol. The number of likely N-dealkylation sites (tertiary alicyclic amines) is 1. The number of nitrogens with one attached hydrogen (secondary N) is 1. The number of rotatable bonds is 6. The van der Waals surface area contributed by atoms with Crippen LogP contribution < -0.4 is 10.1 Å². The molecule has 148 valence electrons. The van der Waals surface area contributed by atoms with Crippen molar-refractivity contribution in [3.8, 4) is 5.75 Å². The fourth-order valence-corrected chi connectivity index (χ4v) is 3.55. The Labute approximate surface area is 164 Å². The molecule has 1 aromatic carbocycles. The summed E-state index contributed by atoms with van der Waals surface area (Å²) in [7, 11) is 1.85. The summed E-state index contributed by atoms with van der Waals surface area (Å²) in [5.74, 6) is 0.734. The normalized spacial score (nSPS) is 19.3. The Kier molecular flexibility index (Phi) is 5.32. The van der Waals surface area contributed by atoms with E-state index >= 15 is 0 Å². The first-order valence-electron chi connectivity index (χ1n) is 9.90. The van der Waals surface area contributed by atoms with Gasteiger partial charge in [-0.05, 0) is 37.8 Å². The summed E-state index contributed by atoms with van der Waals surface area (Å²) in [6, 6.07) is 7.67. The molecule has 1 aliphatic heterocycles. The fraction of sp³-hybridized carbons (Fsp3) is 0.476. The second-order valence-corrected chi connectivity index (χ2v) is 7.74. The zero-order valence-corrected chi connectivity index (χ0v) is 16.1. The summed E-state index contributed by atoms with van der Waals surface area (Å²) in [5, 5.41) is 3.01. The quantitative estimate of drug-likeness (QED) is 0.831. The maximum atomic E-state index is 12.6. The number of para-hydroxylation sites is 1. The molecule has 1 unspecified atom stereocenters.